The van der Waals surface area contributed by atoms with Crippen molar-refractivity contribution in [3.05, 3.63) is 0 Å². The van der Waals surface area contributed by atoms with E-state index >= 15 is 0 Å². The summed E-state index contributed by atoms with van der Waals surface area (Å²) in [6, 6.07) is 1.38. The van der Waals surface area contributed by atoms with Gasteiger partial charge >= 0.3 is 0 Å². The molecule has 2 nitrogen and oxygen atoms in total. The molecule has 1 fully saturated rings. The van der Waals surface area contributed by atoms with Crippen LogP contribution in [0.5, 0.6) is 0 Å². The average molecular weight is 226 g/mol. The molecule has 16 heavy (non-hydrogen) atoms. The molecule has 0 aliphatic heterocycles. The normalized spacial score (nSPS) is 25.7. The summed E-state index contributed by atoms with van der Waals surface area (Å²) in [6.07, 6.45) is 5.44. The fraction of sp³-hybridized carbons (Fsp3) is 1.00. The third kappa shape index (κ3) is 3.46. The van der Waals surface area contributed by atoms with Gasteiger partial charge < -0.3 is 10.6 Å². The number of rotatable bonds is 4. The molecule has 0 saturated heterocycles. The van der Waals surface area contributed by atoms with Crippen LogP contribution in [0.3, 0.4) is 0 Å². The molecule has 0 aromatic carbocycles. The zero-order valence-corrected chi connectivity index (χ0v) is 11.8. The number of hydrogen-bond acceptors (Lipinski definition) is 2. The lowest BCUT2D eigenvalue weighted by atomic mass is 9.75. The van der Waals surface area contributed by atoms with Crippen LogP contribution in [0.15, 0.2) is 0 Å². The van der Waals surface area contributed by atoms with Crippen LogP contribution in [0.1, 0.15) is 53.4 Å². The van der Waals surface area contributed by atoms with Crippen molar-refractivity contribution in [3.8, 4) is 0 Å². The summed E-state index contributed by atoms with van der Waals surface area (Å²) < 4.78 is 0. The van der Waals surface area contributed by atoms with Crippen LogP contribution < -0.4 is 5.73 Å². The number of nitrogens with two attached hydrogens (primary N) is 1. The van der Waals surface area contributed by atoms with Crippen LogP contribution in [0.4, 0.5) is 0 Å². The van der Waals surface area contributed by atoms with Gasteiger partial charge in [0.1, 0.15) is 0 Å². The van der Waals surface area contributed by atoms with E-state index < -0.39 is 0 Å². The summed E-state index contributed by atoms with van der Waals surface area (Å²) in [5.74, 6) is 0.597. The molecular formula is C14H30N2. The summed E-state index contributed by atoms with van der Waals surface area (Å²) in [5.41, 5.74) is 6.33. The molecule has 1 saturated carbocycles. The lowest BCUT2D eigenvalue weighted by Crippen LogP contribution is -2.45. The quantitative estimate of drug-likeness (QED) is 0.798. The van der Waals surface area contributed by atoms with Crippen molar-refractivity contribution in [1.29, 1.82) is 0 Å². The van der Waals surface area contributed by atoms with Gasteiger partial charge in [-0.05, 0) is 57.5 Å². The van der Waals surface area contributed by atoms with E-state index in [0.717, 1.165) is 12.6 Å². The molecule has 0 spiro atoms. The Bertz CT molecular complexity index is 203. The largest absolute Gasteiger partial charge is 0.330 e. The summed E-state index contributed by atoms with van der Waals surface area (Å²) in [4.78, 5) is 2.56. The fourth-order valence-electron chi connectivity index (χ4n) is 2.72. The SMILES string of the molecule is CC(CN)C(C)N(C)C1CCC(C)(C)CC1. The second kappa shape index (κ2) is 5.50. The van der Waals surface area contributed by atoms with Crippen LogP contribution in [-0.4, -0.2) is 30.6 Å². The Morgan fingerprint density at radius 1 is 1.25 bits per heavy atom. The van der Waals surface area contributed by atoms with Gasteiger partial charge in [-0.1, -0.05) is 20.8 Å². The van der Waals surface area contributed by atoms with Crippen LogP contribution in [0, 0.1) is 11.3 Å². The Hall–Kier alpha value is -0.0800. The predicted molar refractivity (Wildman–Crippen MR) is 71.5 cm³/mol. The zero-order valence-electron chi connectivity index (χ0n) is 11.8. The van der Waals surface area contributed by atoms with E-state index in [1.807, 2.05) is 0 Å². The van der Waals surface area contributed by atoms with Gasteiger partial charge in [-0.25, -0.2) is 0 Å². The number of hydrogen-bond donors (Lipinski definition) is 1. The Balaban J connectivity index is 2.47. The first-order chi connectivity index (χ1) is 7.37. The van der Waals surface area contributed by atoms with Crippen molar-refractivity contribution >= 4 is 0 Å². The molecule has 1 aliphatic rings. The molecule has 2 heteroatoms. The average Bonchev–Trinajstić information content (AvgIpc) is 2.26. The molecule has 0 radical (unpaired) electrons. The van der Waals surface area contributed by atoms with Crippen LogP contribution in [-0.2, 0) is 0 Å². The highest BCUT2D eigenvalue weighted by Crippen LogP contribution is 2.37. The zero-order chi connectivity index (χ0) is 12.3. The highest BCUT2D eigenvalue weighted by molar-refractivity contribution is 4.85. The summed E-state index contributed by atoms with van der Waals surface area (Å²) in [7, 11) is 2.28. The topological polar surface area (TPSA) is 29.3 Å². The van der Waals surface area contributed by atoms with Crippen molar-refractivity contribution in [2.45, 2.75) is 65.5 Å². The molecule has 1 aliphatic carbocycles. The molecule has 0 aromatic heterocycles. The molecule has 1 rings (SSSR count). The second-order valence-corrected chi connectivity index (χ2v) is 6.51. The minimum Gasteiger partial charge on any atom is -0.330 e. The van der Waals surface area contributed by atoms with Gasteiger partial charge in [-0.15, -0.1) is 0 Å². The van der Waals surface area contributed by atoms with Crippen molar-refractivity contribution in [2.75, 3.05) is 13.6 Å². The first-order valence-electron chi connectivity index (χ1n) is 6.79. The first kappa shape index (κ1) is 14.0. The molecule has 0 amide bonds. The highest BCUT2D eigenvalue weighted by Gasteiger charge is 2.31. The van der Waals surface area contributed by atoms with Gasteiger partial charge in [0.05, 0.1) is 0 Å². The van der Waals surface area contributed by atoms with Crippen molar-refractivity contribution in [3.63, 3.8) is 0 Å². The highest BCUT2D eigenvalue weighted by atomic mass is 15.2. The molecule has 2 unspecified atom stereocenters. The van der Waals surface area contributed by atoms with E-state index in [0.29, 0.717) is 17.4 Å². The lowest BCUT2D eigenvalue weighted by Gasteiger charge is -2.42. The van der Waals surface area contributed by atoms with Crippen LogP contribution in [0.2, 0.25) is 0 Å². The minimum absolute atomic E-state index is 0.570. The smallest absolute Gasteiger partial charge is 0.0104 e. The fourth-order valence-corrected chi connectivity index (χ4v) is 2.72. The van der Waals surface area contributed by atoms with E-state index in [1.54, 1.807) is 0 Å². The third-order valence-electron chi connectivity index (χ3n) is 4.72. The Kier molecular flexibility index (Phi) is 4.81. The third-order valence-corrected chi connectivity index (χ3v) is 4.72. The molecule has 2 N–H and O–H groups in total. The van der Waals surface area contributed by atoms with Gasteiger partial charge in [0.25, 0.3) is 0 Å². The summed E-state index contributed by atoms with van der Waals surface area (Å²) >= 11 is 0. The van der Waals surface area contributed by atoms with Crippen LogP contribution in [0.25, 0.3) is 0 Å². The van der Waals surface area contributed by atoms with E-state index in [2.05, 4.69) is 39.6 Å². The first-order valence-corrected chi connectivity index (χ1v) is 6.79. The Morgan fingerprint density at radius 3 is 2.19 bits per heavy atom. The summed E-state index contributed by atoms with van der Waals surface area (Å²) in [6.45, 7) is 10.2. The van der Waals surface area contributed by atoms with Crippen molar-refractivity contribution < 1.29 is 0 Å². The molecule has 0 aromatic rings. The minimum atomic E-state index is 0.570. The maximum Gasteiger partial charge on any atom is 0.0104 e. The molecule has 96 valence electrons. The molecule has 0 heterocycles. The standard InChI is InChI=1S/C14H30N2/c1-11(10-15)12(2)16(5)13-6-8-14(3,4)9-7-13/h11-13H,6-10,15H2,1-5H3. The molecule has 2 atom stereocenters. The molecular weight excluding hydrogens is 196 g/mol. The van der Waals surface area contributed by atoms with Gasteiger partial charge in [0.2, 0.25) is 0 Å². The monoisotopic (exact) mass is 226 g/mol. The predicted octanol–water partition coefficient (Wildman–Crippen LogP) is 2.87. The van der Waals surface area contributed by atoms with E-state index in [4.69, 9.17) is 5.73 Å². The lowest BCUT2D eigenvalue weighted by molar-refractivity contribution is 0.0813. The number of nitrogens with zero attached hydrogens (tertiary/aromatic N) is 1. The maximum atomic E-state index is 5.76. The van der Waals surface area contributed by atoms with E-state index in [-0.39, 0.29) is 0 Å². The Labute approximate surface area is 102 Å². The van der Waals surface area contributed by atoms with Gasteiger partial charge in [-0.3, -0.25) is 0 Å². The Morgan fingerprint density at radius 2 is 1.75 bits per heavy atom. The second-order valence-electron chi connectivity index (χ2n) is 6.51. The van der Waals surface area contributed by atoms with E-state index in [1.165, 1.54) is 25.7 Å². The van der Waals surface area contributed by atoms with Crippen molar-refractivity contribution in [2.24, 2.45) is 17.1 Å². The van der Waals surface area contributed by atoms with E-state index in [9.17, 15) is 0 Å². The molecule has 0 bridgehead atoms. The van der Waals surface area contributed by atoms with Gasteiger partial charge in [0.15, 0.2) is 0 Å². The maximum absolute atomic E-state index is 5.76. The summed E-state index contributed by atoms with van der Waals surface area (Å²) in [5, 5.41) is 0. The van der Waals surface area contributed by atoms with Crippen molar-refractivity contribution in [1.82, 2.24) is 4.90 Å². The van der Waals surface area contributed by atoms with Crippen LogP contribution >= 0.6 is 0 Å². The van der Waals surface area contributed by atoms with Gasteiger partial charge in [-0.2, -0.15) is 0 Å². The van der Waals surface area contributed by atoms with Gasteiger partial charge in [0, 0.05) is 12.1 Å².